The van der Waals surface area contributed by atoms with Gasteiger partial charge in [0.05, 0.1) is 19.7 Å². The van der Waals surface area contributed by atoms with Crippen LogP contribution in [-0.4, -0.2) is 55.0 Å². The molecule has 0 radical (unpaired) electrons. The Morgan fingerprint density at radius 3 is 2.43 bits per heavy atom. The highest BCUT2D eigenvalue weighted by Gasteiger charge is 2.31. The zero-order valence-corrected chi connectivity index (χ0v) is 18.0. The van der Waals surface area contributed by atoms with Crippen molar-refractivity contribution in [3.05, 3.63) is 59.5 Å². The summed E-state index contributed by atoms with van der Waals surface area (Å²) in [6.45, 7) is 3.79. The van der Waals surface area contributed by atoms with Crippen LogP contribution < -0.4 is 0 Å². The number of nitrogens with zero attached hydrogens (tertiary/aromatic N) is 2. The van der Waals surface area contributed by atoms with Gasteiger partial charge in [-0.3, -0.25) is 9.59 Å². The van der Waals surface area contributed by atoms with Crippen molar-refractivity contribution in [2.24, 2.45) is 5.92 Å². The number of amides is 2. The van der Waals surface area contributed by atoms with E-state index >= 15 is 0 Å². The standard InChI is InChI=1S/C24H32N2O4/c1-19-11-12-22(30-19)17-25(14-13-20-7-4-3-5-8-20)23(27)18-26(15-16-29-2)24(28)21-9-6-10-21/h3-5,7-8,11-12,21H,6,9-10,13-18H2,1-2H3. The molecule has 1 fully saturated rings. The molecule has 0 N–H and O–H groups in total. The molecule has 1 saturated carbocycles. The van der Waals surface area contributed by atoms with Gasteiger partial charge in [0.25, 0.3) is 0 Å². The molecule has 0 bridgehead atoms. The van der Waals surface area contributed by atoms with Crippen molar-refractivity contribution in [1.29, 1.82) is 0 Å². The zero-order chi connectivity index (χ0) is 21.3. The molecule has 6 heteroatoms. The van der Waals surface area contributed by atoms with Crippen molar-refractivity contribution in [2.75, 3.05) is 33.4 Å². The number of carbonyl (C=O) groups is 2. The van der Waals surface area contributed by atoms with E-state index in [2.05, 4.69) is 12.1 Å². The highest BCUT2D eigenvalue weighted by atomic mass is 16.5. The largest absolute Gasteiger partial charge is 0.464 e. The van der Waals surface area contributed by atoms with Crippen molar-refractivity contribution in [3.8, 4) is 0 Å². The van der Waals surface area contributed by atoms with E-state index in [1.165, 1.54) is 5.56 Å². The average Bonchev–Trinajstić information content (AvgIpc) is 3.12. The van der Waals surface area contributed by atoms with Crippen molar-refractivity contribution >= 4 is 11.8 Å². The number of hydrogen-bond donors (Lipinski definition) is 0. The van der Waals surface area contributed by atoms with Gasteiger partial charge in [-0.05, 0) is 43.9 Å². The van der Waals surface area contributed by atoms with E-state index in [1.54, 1.807) is 16.9 Å². The smallest absolute Gasteiger partial charge is 0.242 e. The van der Waals surface area contributed by atoms with Crippen LogP contribution in [0.1, 0.15) is 36.3 Å². The Bertz CT molecular complexity index is 814. The summed E-state index contributed by atoms with van der Waals surface area (Å²) in [5.41, 5.74) is 1.17. The molecule has 1 aliphatic rings. The van der Waals surface area contributed by atoms with E-state index in [0.717, 1.165) is 37.2 Å². The zero-order valence-electron chi connectivity index (χ0n) is 18.0. The maximum Gasteiger partial charge on any atom is 0.242 e. The van der Waals surface area contributed by atoms with Gasteiger partial charge in [-0.15, -0.1) is 0 Å². The Kier molecular flexibility index (Phi) is 8.08. The summed E-state index contributed by atoms with van der Waals surface area (Å²) in [6, 6.07) is 13.9. The minimum atomic E-state index is -0.0660. The Morgan fingerprint density at radius 1 is 1.07 bits per heavy atom. The summed E-state index contributed by atoms with van der Waals surface area (Å²) in [5.74, 6) is 1.64. The second-order valence-electron chi connectivity index (χ2n) is 7.94. The van der Waals surface area contributed by atoms with Crippen molar-refractivity contribution in [2.45, 2.75) is 39.2 Å². The van der Waals surface area contributed by atoms with Crippen LogP contribution in [0.4, 0.5) is 0 Å². The van der Waals surface area contributed by atoms with Gasteiger partial charge >= 0.3 is 0 Å². The normalized spacial score (nSPS) is 13.7. The number of carbonyl (C=O) groups excluding carboxylic acids is 2. The molecular weight excluding hydrogens is 380 g/mol. The fraction of sp³-hybridized carbons (Fsp3) is 0.500. The number of rotatable bonds is 11. The number of furan rings is 1. The average molecular weight is 413 g/mol. The summed E-state index contributed by atoms with van der Waals surface area (Å²) in [6.07, 6.45) is 3.67. The van der Waals surface area contributed by atoms with Crippen LogP contribution in [0.5, 0.6) is 0 Å². The molecule has 6 nitrogen and oxygen atoms in total. The summed E-state index contributed by atoms with van der Waals surface area (Å²) < 4.78 is 10.9. The Morgan fingerprint density at radius 2 is 1.83 bits per heavy atom. The first-order valence-electron chi connectivity index (χ1n) is 10.7. The van der Waals surface area contributed by atoms with Gasteiger partial charge in [-0.2, -0.15) is 0 Å². The lowest BCUT2D eigenvalue weighted by Gasteiger charge is -2.32. The molecule has 3 rings (SSSR count). The second-order valence-corrected chi connectivity index (χ2v) is 7.94. The van der Waals surface area contributed by atoms with Crippen LogP contribution in [-0.2, 0) is 27.3 Å². The topological polar surface area (TPSA) is 63.0 Å². The van der Waals surface area contributed by atoms with Crippen molar-refractivity contribution in [1.82, 2.24) is 9.80 Å². The SMILES string of the molecule is COCCN(CC(=O)N(CCc1ccccc1)Cc1ccc(C)o1)C(=O)C1CCC1. The van der Waals surface area contributed by atoms with Gasteiger partial charge in [0.2, 0.25) is 11.8 Å². The number of benzene rings is 1. The summed E-state index contributed by atoms with van der Waals surface area (Å²) in [7, 11) is 1.61. The minimum Gasteiger partial charge on any atom is -0.464 e. The number of hydrogen-bond acceptors (Lipinski definition) is 4. The van der Waals surface area contributed by atoms with Crippen molar-refractivity contribution in [3.63, 3.8) is 0 Å². The number of methoxy groups -OCH3 is 1. The molecule has 0 saturated heterocycles. The fourth-order valence-electron chi connectivity index (χ4n) is 3.60. The lowest BCUT2D eigenvalue weighted by molar-refractivity contribution is -0.145. The van der Waals surface area contributed by atoms with Gasteiger partial charge in [0.15, 0.2) is 0 Å². The Balaban J connectivity index is 1.68. The molecule has 2 amide bonds. The summed E-state index contributed by atoms with van der Waals surface area (Å²) >= 11 is 0. The predicted octanol–water partition coefficient (Wildman–Crippen LogP) is 3.43. The van der Waals surface area contributed by atoms with Crippen LogP contribution in [0.15, 0.2) is 46.9 Å². The molecule has 30 heavy (non-hydrogen) atoms. The molecule has 0 atom stereocenters. The monoisotopic (exact) mass is 412 g/mol. The fourth-order valence-corrected chi connectivity index (χ4v) is 3.60. The molecule has 2 aromatic rings. The van der Waals surface area contributed by atoms with Gasteiger partial charge in [-0.25, -0.2) is 0 Å². The minimum absolute atomic E-state index is 0.0557. The van der Waals surface area contributed by atoms with Crippen LogP contribution in [0.25, 0.3) is 0 Å². The van der Waals surface area contributed by atoms with Gasteiger partial charge < -0.3 is 19.0 Å². The molecular formula is C24H32N2O4. The molecule has 1 aliphatic carbocycles. The Labute approximate surface area is 178 Å². The third-order valence-electron chi connectivity index (χ3n) is 5.67. The van der Waals surface area contributed by atoms with E-state index in [4.69, 9.17) is 9.15 Å². The third-order valence-corrected chi connectivity index (χ3v) is 5.67. The first kappa shape index (κ1) is 22.1. The van der Waals surface area contributed by atoms with E-state index in [-0.39, 0.29) is 24.3 Å². The second kappa shape index (κ2) is 11.0. The Hall–Kier alpha value is -2.60. The van der Waals surface area contributed by atoms with Gasteiger partial charge in [0.1, 0.15) is 11.5 Å². The number of ether oxygens (including phenoxy) is 1. The molecule has 0 aliphatic heterocycles. The van der Waals surface area contributed by atoms with Crippen LogP contribution >= 0.6 is 0 Å². The maximum absolute atomic E-state index is 13.2. The lowest BCUT2D eigenvalue weighted by Crippen LogP contribution is -2.47. The van der Waals surface area contributed by atoms with E-state index in [0.29, 0.717) is 26.2 Å². The quantitative estimate of drug-likeness (QED) is 0.567. The predicted molar refractivity (Wildman–Crippen MR) is 115 cm³/mol. The lowest BCUT2D eigenvalue weighted by atomic mass is 9.84. The van der Waals surface area contributed by atoms with E-state index < -0.39 is 0 Å². The molecule has 162 valence electrons. The summed E-state index contributed by atoms with van der Waals surface area (Å²) in [5, 5.41) is 0. The molecule has 1 aromatic heterocycles. The van der Waals surface area contributed by atoms with Crippen LogP contribution in [0.3, 0.4) is 0 Å². The highest BCUT2D eigenvalue weighted by molar-refractivity contribution is 5.86. The highest BCUT2D eigenvalue weighted by Crippen LogP contribution is 2.28. The summed E-state index contributed by atoms with van der Waals surface area (Å²) in [4.78, 5) is 29.5. The van der Waals surface area contributed by atoms with Crippen LogP contribution in [0.2, 0.25) is 0 Å². The molecule has 1 aromatic carbocycles. The van der Waals surface area contributed by atoms with Gasteiger partial charge in [-0.1, -0.05) is 36.8 Å². The third kappa shape index (κ3) is 6.20. The molecule has 1 heterocycles. The van der Waals surface area contributed by atoms with E-state index in [9.17, 15) is 9.59 Å². The number of aryl methyl sites for hydroxylation is 1. The maximum atomic E-state index is 13.2. The molecule has 0 unspecified atom stereocenters. The first-order valence-corrected chi connectivity index (χ1v) is 10.7. The molecule has 0 spiro atoms. The first-order chi connectivity index (χ1) is 14.6. The van der Waals surface area contributed by atoms with Crippen molar-refractivity contribution < 1.29 is 18.7 Å². The van der Waals surface area contributed by atoms with E-state index in [1.807, 2.05) is 37.3 Å². The van der Waals surface area contributed by atoms with Gasteiger partial charge in [0, 0.05) is 26.1 Å². The van der Waals surface area contributed by atoms with Crippen LogP contribution in [0, 0.1) is 12.8 Å².